The van der Waals surface area contributed by atoms with Crippen molar-refractivity contribution in [3.05, 3.63) is 60.3 Å². The van der Waals surface area contributed by atoms with Gasteiger partial charge >= 0.3 is 0 Å². The third kappa shape index (κ3) is 3.10. The monoisotopic (exact) mass is 353 g/mol. The summed E-state index contributed by atoms with van der Waals surface area (Å²) >= 11 is 0. The molecule has 0 radical (unpaired) electrons. The van der Waals surface area contributed by atoms with Crippen LogP contribution in [0.2, 0.25) is 0 Å². The van der Waals surface area contributed by atoms with E-state index in [1.54, 1.807) is 11.1 Å². The maximum Gasteiger partial charge on any atom is 0.256 e. The van der Waals surface area contributed by atoms with E-state index in [4.69, 9.17) is 0 Å². The Labute approximate surface area is 148 Å². The Bertz CT molecular complexity index is 893. The third-order valence-corrected chi connectivity index (χ3v) is 4.33. The number of nitrogens with zero attached hydrogens (tertiary/aromatic N) is 7. The summed E-state index contributed by atoms with van der Waals surface area (Å²) in [4.78, 5) is 21.1. The van der Waals surface area contributed by atoms with Crippen LogP contribution in [0.3, 0.4) is 0 Å². The molecule has 9 heteroatoms. The maximum absolute atomic E-state index is 13.8. The van der Waals surface area contributed by atoms with Crippen LogP contribution in [-0.4, -0.2) is 62.2 Å². The number of hydrogen-bond donors (Lipinski definition) is 0. The zero-order valence-corrected chi connectivity index (χ0v) is 13.9. The van der Waals surface area contributed by atoms with Crippen molar-refractivity contribution in [2.24, 2.45) is 0 Å². The fourth-order valence-corrected chi connectivity index (χ4v) is 3.00. The van der Waals surface area contributed by atoms with Gasteiger partial charge in [0.05, 0.1) is 11.3 Å². The minimum Gasteiger partial charge on any atom is -0.353 e. The van der Waals surface area contributed by atoms with Gasteiger partial charge < -0.3 is 9.80 Å². The first-order valence-electron chi connectivity index (χ1n) is 8.20. The standard InChI is InChI=1S/C17H16FN7O/c18-13-4-5-15(25-12-20-21-22-25)14(11-13)17(26)24-9-7-23(8-10-24)16-3-1-2-6-19-16/h1-6,11-12H,7-10H2. The Balaban J connectivity index is 1.53. The van der Waals surface area contributed by atoms with E-state index in [1.165, 1.54) is 29.2 Å². The number of benzene rings is 1. The molecule has 1 amide bonds. The van der Waals surface area contributed by atoms with E-state index in [-0.39, 0.29) is 11.5 Å². The number of halogens is 1. The quantitative estimate of drug-likeness (QED) is 0.703. The highest BCUT2D eigenvalue weighted by molar-refractivity contribution is 5.98. The van der Waals surface area contributed by atoms with Crippen molar-refractivity contribution < 1.29 is 9.18 Å². The van der Waals surface area contributed by atoms with E-state index >= 15 is 0 Å². The van der Waals surface area contributed by atoms with Crippen LogP contribution in [0.5, 0.6) is 0 Å². The molecule has 3 aromatic rings. The van der Waals surface area contributed by atoms with E-state index in [9.17, 15) is 9.18 Å². The highest BCUT2D eigenvalue weighted by Gasteiger charge is 2.25. The smallest absolute Gasteiger partial charge is 0.256 e. The number of carbonyl (C=O) groups excluding carboxylic acids is 1. The van der Waals surface area contributed by atoms with Gasteiger partial charge in [0.1, 0.15) is 18.0 Å². The molecule has 0 spiro atoms. The van der Waals surface area contributed by atoms with E-state index in [0.29, 0.717) is 31.9 Å². The van der Waals surface area contributed by atoms with Gasteiger partial charge in [0.15, 0.2) is 0 Å². The summed E-state index contributed by atoms with van der Waals surface area (Å²) in [6.45, 7) is 2.39. The Morgan fingerprint density at radius 1 is 1.08 bits per heavy atom. The van der Waals surface area contributed by atoms with E-state index < -0.39 is 5.82 Å². The number of piperazine rings is 1. The second-order valence-electron chi connectivity index (χ2n) is 5.88. The number of anilines is 1. The van der Waals surface area contributed by atoms with E-state index in [1.807, 2.05) is 18.2 Å². The van der Waals surface area contributed by atoms with E-state index in [0.717, 1.165) is 5.82 Å². The predicted molar refractivity (Wildman–Crippen MR) is 91.5 cm³/mol. The van der Waals surface area contributed by atoms with Crippen molar-refractivity contribution in [1.29, 1.82) is 0 Å². The first kappa shape index (κ1) is 16.1. The van der Waals surface area contributed by atoms with Crippen LogP contribution in [-0.2, 0) is 0 Å². The van der Waals surface area contributed by atoms with Crippen molar-refractivity contribution in [2.75, 3.05) is 31.1 Å². The van der Waals surface area contributed by atoms with Crippen LogP contribution in [0, 0.1) is 5.82 Å². The number of aromatic nitrogens is 5. The van der Waals surface area contributed by atoms with Crippen LogP contribution in [0.25, 0.3) is 5.69 Å². The fourth-order valence-electron chi connectivity index (χ4n) is 3.00. The van der Waals surface area contributed by atoms with Gasteiger partial charge in [0.2, 0.25) is 0 Å². The molecule has 8 nitrogen and oxygen atoms in total. The number of pyridine rings is 1. The molecule has 0 atom stereocenters. The van der Waals surface area contributed by atoms with Gasteiger partial charge in [-0.25, -0.2) is 9.37 Å². The molecule has 0 unspecified atom stereocenters. The fraction of sp³-hybridized carbons (Fsp3) is 0.235. The lowest BCUT2D eigenvalue weighted by Crippen LogP contribution is -2.49. The average Bonchev–Trinajstić information content (AvgIpc) is 3.23. The van der Waals surface area contributed by atoms with Crippen LogP contribution in [0.1, 0.15) is 10.4 Å². The van der Waals surface area contributed by atoms with Gasteiger partial charge in [0, 0.05) is 32.4 Å². The molecule has 3 heterocycles. The zero-order valence-electron chi connectivity index (χ0n) is 13.9. The summed E-state index contributed by atoms with van der Waals surface area (Å²) in [6, 6.07) is 9.76. The zero-order chi connectivity index (χ0) is 17.9. The SMILES string of the molecule is O=C(c1cc(F)ccc1-n1cnnn1)N1CCN(c2ccccn2)CC1. The van der Waals surface area contributed by atoms with Crippen molar-refractivity contribution in [3.63, 3.8) is 0 Å². The molecule has 26 heavy (non-hydrogen) atoms. The lowest BCUT2D eigenvalue weighted by Gasteiger charge is -2.35. The van der Waals surface area contributed by atoms with Crippen LogP contribution in [0.4, 0.5) is 10.2 Å². The van der Waals surface area contributed by atoms with Crippen LogP contribution < -0.4 is 4.90 Å². The lowest BCUT2D eigenvalue weighted by molar-refractivity contribution is 0.0746. The number of tetrazole rings is 1. The molecule has 0 N–H and O–H groups in total. The Morgan fingerprint density at radius 2 is 1.92 bits per heavy atom. The summed E-state index contributed by atoms with van der Waals surface area (Å²) in [5, 5.41) is 11.0. The van der Waals surface area contributed by atoms with Crippen molar-refractivity contribution in [2.45, 2.75) is 0 Å². The number of carbonyl (C=O) groups is 1. The summed E-state index contributed by atoms with van der Waals surface area (Å²) in [6.07, 6.45) is 3.13. The summed E-state index contributed by atoms with van der Waals surface area (Å²) in [5.41, 5.74) is 0.692. The summed E-state index contributed by atoms with van der Waals surface area (Å²) in [5.74, 6) is 0.174. The van der Waals surface area contributed by atoms with E-state index in [2.05, 4.69) is 25.4 Å². The summed E-state index contributed by atoms with van der Waals surface area (Å²) in [7, 11) is 0. The molecule has 132 valence electrons. The van der Waals surface area contributed by atoms with Gasteiger partial charge in [0.25, 0.3) is 5.91 Å². The predicted octanol–water partition coefficient (Wildman–Crippen LogP) is 1.16. The second kappa shape index (κ2) is 6.87. The second-order valence-corrected chi connectivity index (χ2v) is 5.88. The Morgan fingerprint density at radius 3 is 2.62 bits per heavy atom. The lowest BCUT2D eigenvalue weighted by atomic mass is 10.1. The van der Waals surface area contributed by atoms with Gasteiger partial charge in [-0.2, -0.15) is 4.68 Å². The number of hydrogen-bond acceptors (Lipinski definition) is 6. The molecule has 1 fully saturated rings. The maximum atomic E-state index is 13.8. The molecule has 1 aliphatic rings. The topological polar surface area (TPSA) is 80.0 Å². The normalized spacial score (nSPS) is 14.5. The van der Waals surface area contributed by atoms with Gasteiger partial charge in [-0.1, -0.05) is 6.07 Å². The first-order valence-corrected chi connectivity index (χ1v) is 8.20. The van der Waals surface area contributed by atoms with Crippen molar-refractivity contribution >= 4 is 11.7 Å². The highest BCUT2D eigenvalue weighted by Crippen LogP contribution is 2.19. The van der Waals surface area contributed by atoms with Crippen molar-refractivity contribution in [1.82, 2.24) is 30.1 Å². The molecular formula is C17H16FN7O. The first-order chi connectivity index (χ1) is 12.7. The molecule has 4 rings (SSSR count). The minimum absolute atomic E-state index is 0.239. The van der Waals surface area contributed by atoms with Gasteiger partial charge in [-0.3, -0.25) is 4.79 Å². The average molecular weight is 353 g/mol. The largest absolute Gasteiger partial charge is 0.353 e. The summed E-state index contributed by atoms with van der Waals surface area (Å²) < 4.78 is 15.1. The number of amides is 1. The molecule has 0 aliphatic carbocycles. The minimum atomic E-state index is -0.475. The Hall–Kier alpha value is -3.36. The Kier molecular flexibility index (Phi) is 4.26. The van der Waals surface area contributed by atoms with Crippen LogP contribution in [0.15, 0.2) is 48.9 Å². The van der Waals surface area contributed by atoms with Crippen LogP contribution >= 0.6 is 0 Å². The molecule has 1 aliphatic heterocycles. The molecule has 1 saturated heterocycles. The molecule has 1 aromatic carbocycles. The van der Waals surface area contributed by atoms with Gasteiger partial charge in [-0.05, 0) is 40.8 Å². The van der Waals surface area contributed by atoms with Crippen molar-refractivity contribution in [3.8, 4) is 5.69 Å². The van der Waals surface area contributed by atoms with Gasteiger partial charge in [-0.15, -0.1) is 5.10 Å². The number of rotatable bonds is 3. The molecule has 0 bridgehead atoms. The molecule has 0 saturated carbocycles. The molecular weight excluding hydrogens is 337 g/mol. The molecule has 2 aromatic heterocycles. The third-order valence-electron chi connectivity index (χ3n) is 4.33. The highest BCUT2D eigenvalue weighted by atomic mass is 19.1.